The summed E-state index contributed by atoms with van der Waals surface area (Å²) < 4.78 is 0. The van der Waals surface area contributed by atoms with Gasteiger partial charge in [0.15, 0.2) is 0 Å². The van der Waals surface area contributed by atoms with E-state index < -0.39 is 0 Å². The standard InChI is InChI=1S/C22H14.C13H10/c1-4-13-10-15-6-2-8-17-12-18-9-3-7-16-11-14(5-1)19(13)22(20(15)17)21(16)18;1-4-10-6-2-8-12-9-3-7-11(5-1)13(10)12/h1-8,10-11H,9,12H2;1-8H,9H2. The maximum Gasteiger partial charge on any atom is -0.00121 e. The van der Waals surface area contributed by atoms with E-state index in [9.17, 15) is 0 Å². The zero-order valence-corrected chi connectivity index (χ0v) is 19.5. The molecule has 0 atom stereocenters. The van der Waals surface area contributed by atoms with Gasteiger partial charge in [0.25, 0.3) is 0 Å². The number of rotatable bonds is 0. The van der Waals surface area contributed by atoms with Gasteiger partial charge in [0.1, 0.15) is 0 Å². The van der Waals surface area contributed by atoms with E-state index in [1.165, 1.54) is 70.6 Å². The van der Waals surface area contributed by atoms with Crippen LogP contribution in [0, 0.1) is 0 Å². The third-order valence-electron chi connectivity index (χ3n) is 8.05. The highest BCUT2D eigenvalue weighted by Crippen LogP contribution is 2.38. The Kier molecular flexibility index (Phi) is 3.93. The molecule has 0 N–H and O–H groups in total. The van der Waals surface area contributed by atoms with Crippen molar-refractivity contribution in [3.8, 4) is 0 Å². The summed E-state index contributed by atoms with van der Waals surface area (Å²) >= 11 is 0. The van der Waals surface area contributed by atoms with Gasteiger partial charge in [-0.2, -0.15) is 0 Å². The third kappa shape index (κ3) is 2.74. The van der Waals surface area contributed by atoms with Crippen LogP contribution in [0.2, 0.25) is 0 Å². The summed E-state index contributed by atoms with van der Waals surface area (Å²) in [6, 6.07) is 31.3. The lowest BCUT2D eigenvalue weighted by Crippen LogP contribution is -2.20. The van der Waals surface area contributed by atoms with Crippen molar-refractivity contribution in [2.24, 2.45) is 0 Å². The highest BCUT2D eigenvalue weighted by Gasteiger charge is 2.20. The van der Waals surface area contributed by atoms with Crippen molar-refractivity contribution < 1.29 is 0 Å². The number of benzene rings is 6. The van der Waals surface area contributed by atoms with Gasteiger partial charge in [-0.3, -0.25) is 0 Å². The molecule has 0 bridgehead atoms. The maximum atomic E-state index is 2.38. The Balaban J connectivity index is 0.000000129. The molecule has 3 aliphatic rings. The summed E-state index contributed by atoms with van der Waals surface area (Å²) in [6.45, 7) is 0. The van der Waals surface area contributed by atoms with Crippen LogP contribution in [0.25, 0.3) is 60.8 Å². The molecule has 0 aliphatic heterocycles. The molecule has 35 heavy (non-hydrogen) atoms. The van der Waals surface area contributed by atoms with Crippen LogP contribution < -0.4 is 5.22 Å². The summed E-state index contributed by atoms with van der Waals surface area (Å²) in [4.78, 5) is 0. The van der Waals surface area contributed by atoms with E-state index in [4.69, 9.17) is 0 Å². The van der Waals surface area contributed by atoms with Crippen molar-refractivity contribution in [3.05, 3.63) is 125 Å². The minimum absolute atomic E-state index is 1.08. The fraction of sp³-hybridized carbons (Fsp3) is 0.0857. The van der Waals surface area contributed by atoms with Crippen molar-refractivity contribution in [1.82, 2.24) is 0 Å². The monoisotopic (exact) mass is 444 g/mol. The lowest BCUT2D eigenvalue weighted by Gasteiger charge is -2.23. The van der Waals surface area contributed by atoms with Gasteiger partial charge >= 0.3 is 0 Å². The third-order valence-corrected chi connectivity index (χ3v) is 8.05. The molecule has 0 saturated heterocycles. The minimum atomic E-state index is 1.08. The van der Waals surface area contributed by atoms with E-state index in [1.807, 2.05) is 0 Å². The molecule has 0 nitrogen and oxygen atoms in total. The summed E-state index contributed by atoms with van der Waals surface area (Å²) in [5.74, 6) is 0. The van der Waals surface area contributed by atoms with Crippen molar-refractivity contribution in [2.75, 3.05) is 0 Å². The summed E-state index contributed by atoms with van der Waals surface area (Å²) in [5, 5.41) is 12.9. The van der Waals surface area contributed by atoms with Crippen LogP contribution >= 0.6 is 0 Å². The molecule has 0 heterocycles. The highest BCUT2D eigenvalue weighted by atomic mass is 14.2. The largest absolute Gasteiger partial charge is 0.0798 e. The second kappa shape index (κ2) is 7.17. The van der Waals surface area contributed by atoms with Gasteiger partial charge in [-0.25, -0.2) is 0 Å². The van der Waals surface area contributed by atoms with E-state index in [0.717, 1.165) is 19.3 Å². The highest BCUT2D eigenvalue weighted by molar-refractivity contribution is 6.24. The summed E-state index contributed by atoms with van der Waals surface area (Å²) in [6.07, 6.45) is 12.4. The van der Waals surface area contributed by atoms with Crippen molar-refractivity contribution in [1.29, 1.82) is 0 Å². The second-order valence-electron chi connectivity index (χ2n) is 10.0. The first-order valence-electron chi connectivity index (χ1n) is 12.6. The number of hydrogen-bond acceptors (Lipinski definition) is 0. The molecular weight excluding hydrogens is 420 g/mol. The SMILES string of the molecule is C1=Cc2cc3cccc4cc5cccc6c5c(c2=C(C1)C6)c34.C1=Cc2cccc3cccc(c23)C1. The lowest BCUT2D eigenvalue weighted by atomic mass is 9.80. The number of allylic oxidation sites excluding steroid dienone is 2. The fourth-order valence-corrected chi connectivity index (χ4v) is 6.64. The van der Waals surface area contributed by atoms with Crippen LogP contribution in [0.5, 0.6) is 0 Å². The fourth-order valence-electron chi connectivity index (χ4n) is 6.64. The summed E-state index contributed by atoms with van der Waals surface area (Å²) in [7, 11) is 0. The first-order valence-corrected chi connectivity index (χ1v) is 12.6. The lowest BCUT2D eigenvalue weighted by molar-refractivity contribution is 1.19. The van der Waals surface area contributed by atoms with Gasteiger partial charge in [-0.1, -0.05) is 103 Å². The minimum Gasteiger partial charge on any atom is -0.0798 e. The normalized spacial score (nSPS) is 14.8. The van der Waals surface area contributed by atoms with E-state index in [1.54, 1.807) is 5.57 Å². The summed E-state index contributed by atoms with van der Waals surface area (Å²) in [5.41, 5.74) is 7.31. The molecule has 6 aromatic rings. The molecule has 3 aliphatic carbocycles. The molecule has 0 unspecified atom stereocenters. The van der Waals surface area contributed by atoms with Crippen LogP contribution in [0.15, 0.2) is 97.1 Å². The average molecular weight is 445 g/mol. The molecule has 0 spiro atoms. The second-order valence-corrected chi connectivity index (χ2v) is 10.0. The van der Waals surface area contributed by atoms with Gasteiger partial charge in [0.2, 0.25) is 0 Å². The molecule has 0 fully saturated rings. The Morgan fingerprint density at radius 1 is 0.457 bits per heavy atom. The van der Waals surface area contributed by atoms with E-state index in [-0.39, 0.29) is 0 Å². The van der Waals surface area contributed by atoms with Crippen LogP contribution in [-0.2, 0) is 12.8 Å². The van der Waals surface area contributed by atoms with Crippen molar-refractivity contribution >= 4 is 60.8 Å². The predicted octanol–water partition coefficient (Wildman–Crippen LogP) is 8.40. The topological polar surface area (TPSA) is 0 Å². The quantitative estimate of drug-likeness (QED) is 0.163. The van der Waals surface area contributed by atoms with E-state index >= 15 is 0 Å². The molecule has 164 valence electrons. The first-order chi connectivity index (χ1) is 17.3. The van der Waals surface area contributed by atoms with Gasteiger partial charge in [-0.05, 0) is 102 Å². The average Bonchev–Trinajstić information content (AvgIpc) is 2.90. The van der Waals surface area contributed by atoms with Crippen LogP contribution in [-0.4, -0.2) is 0 Å². The van der Waals surface area contributed by atoms with Crippen molar-refractivity contribution in [3.63, 3.8) is 0 Å². The first kappa shape index (κ1) is 19.2. The molecule has 0 heteroatoms. The van der Waals surface area contributed by atoms with Gasteiger partial charge in [-0.15, -0.1) is 0 Å². The maximum absolute atomic E-state index is 2.38. The molecule has 9 rings (SSSR count). The Morgan fingerprint density at radius 2 is 1.11 bits per heavy atom. The zero-order chi connectivity index (χ0) is 22.9. The van der Waals surface area contributed by atoms with Crippen LogP contribution in [0.4, 0.5) is 0 Å². The molecule has 0 amide bonds. The Labute approximate surface area is 204 Å². The van der Waals surface area contributed by atoms with E-state index in [0.29, 0.717) is 0 Å². The van der Waals surface area contributed by atoms with Crippen LogP contribution in [0.1, 0.15) is 28.7 Å². The molecule has 0 aromatic heterocycles. The molecule has 6 aromatic carbocycles. The molecular formula is C35H24. The Hall–Kier alpha value is -4.16. The van der Waals surface area contributed by atoms with Gasteiger partial charge < -0.3 is 0 Å². The van der Waals surface area contributed by atoms with Crippen molar-refractivity contribution in [2.45, 2.75) is 19.3 Å². The molecule has 0 radical (unpaired) electrons. The van der Waals surface area contributed by atoms with Gasteiger partial charge in [0, 0.05) is 0 Å². The number of hydrogen-bond donors (Lipinski definition) is 0. The predicted molar refractivity (Wildman–Crippen MR) is 152 cm³/mol. The van der Waals surface area contributed by atoms with Crippen LogP contribution in [0.3, 0.4) is 0 Å². The van der Waals surface area contributed by atoms with Gasteiger partial charge in [0.05, 0.1) is 0 Å². The smallest absolute Gasteiger partial charge is 0.00121 e. The Bertz CT molecular complexity index is 1960. The Morgan fingerprint density at radius 3 is 2.00 bits per heavy atom. The zero-order valence-electron chi connectivity index (χ0n) is 19.5. The van der Waals surface area contributed by atoms with E-state index in [2.05, 4.69) is 109 Å². The molecule has 0 saturated carbocycles.